The fraction of sp³-hybridized carbons (Fsp3) is 0.576. The number of carboxylic acid groups (broad SMARTS) is 1. The molecule has 4 amide bonds. The SMILES string of the molecule is O=C(CCCCCNC(=O)CCCCCNC(=O)CCCC[C@@H]1SC[C@@H]2NC(=O)N[C@@H]21)Cc1ccc2[nH]c(C(=O)O)cc(=O)c2c1. The highest BCUT2D eigenvalue weighted by atomic mass is 32.2. The van der Waals surface area contributed by atoms with Crippen LogP contribution in [0.2, 0.25) is 0 Å². The number of ketones is 1. The Kier molecular flexibility index (Phi) is 13.5. The maximum absolute atomic E-state index is 12.4. The van der Waals surface area contributed by atoms with Gasteiger partial charge in [0, 0.05) is 66.7 Å². The Morgan fingerprint density at radius 1 is 0.826 bits per heavy atom. The zero-order chi connectivity index (χ0) is 32.9. The van der Waals surface area contributed by atoms with Crippen LogP contribution in [0.3, 0.4) is 0 Å². The summed E-state index contributed by atoms with van der Waals surface area (Å²) in [5.41, 5.74) is 0.556. The monoisotopic (exact) mass is 655 g/mol. The number of unbranched alkanes of at least 4 members (excludes halogenated alkanes) is 5. The van der Waals surface area contributed by atoms with Crippen LogP contribution in [0.1, 0.15) is 93.1 Å². The number of rotatable bonds is 20. The lowest BCUT2D eigenvalue weighted by molar-refractivity contribution is -0.122. The minimum Gasteiger partial charge on any atom is -0.477 e. The van der Waals surface area contributed by atoms with Crippen LogP contribution in [0.15, 0.2) is 29.1 Å². The van der Waals surface area contributed by atoms with Gasteiger partial charge in [-0.1, -0.05) is 25.3 Å². The van der Waals surface area contributed by atoms with E-state index in [0.29, 0.717) is 60.5 Å². The first kappa shape index (κ1) is 35.0. The average molecular weight is 656 g/mol. The molecule has 6 N–H and O–H groups in total. The molecule has 1 aromatic carbocycles. The zero-order valence-electron chi connectivity index (χ0n) is 26.2. The summed E-state index contributed by atoms with van der Waals surface area (Å²) in [5.74, 6) is -0.112. The topological polar surface area (TPSA) is 187 Å². The number of hydrogen-bond donors (Lipinski definition) is 6. The Balaban J connectivity index is 0.947. The van der Waals surface area contributed by atoms with E-state index in [0.717, 1.165) is 63.2 Å². The van der Waals surface area contributed by atoms with Gasteiger partial charge >= 0.3 is 12.0 Å². The van der Waals surface area contributed by atoms with Crippen LogP contribution >= 0.6 is 11.8 Å². The summed E-state index contributed by atoms with van der Waals surface area (Å²) in [4.78, 5) is 74.2. The number of carbonyl (C=O) groups is 5. The van der Waals surface area contributed by atoms with Gasteiger partial charge in [-0.2, -0.15) is 11.8 Å². The molecular formula is C33H45N5O7S. The highest BCUT2D eigenvalue weighted by Gasteiger charge is 2.42. The molecule has 0 unspecified atom stereocenters. The normalized spacial score (nSPS) is 18.5. The van der Waals surface area contributed by atoms with Crippen LogP contribution in [-0.2, 0) is 20.8 Å². The van der Waals surface area contributed by atoms with Gasteiger partial charge in [-0.15, -0.1) is 0 Å². The summed E-state index contributed by atoms with van der Waals surface area (Å²) in [7, 11) is 0. The number of urea groups is 1. The zero-order valence-corrected chi connectivity index (χ0v) is 27.0. The van der Waals surface area contributed by atoms with Gasteiger partial charge in [0.05, 0.1) is 12.1 Å². The third-order valence-electron chi connectivity index (χ3n) is 8.46. The molecule has 0 saturated carbocycles. The van der Waals surface area contributed by atoms with Crippen LogP contribution in [0.4, 0.5) is 4.79 Å². The molecule has 2 aliphatic rings. The van der Waals surface area contributed by atoms with Crippen molar-refractivity contribution in [3.63, 3.8) is 0 Å². The molecule has 2 aliphatic heterocycles. The van der Waals surface area contributed by atoms with Gasteiger partial charge in [-0.3, -0.25) is 19.2 Å². The largest absolute Gasteiger partial charge is 0.477 e. The predicted molar refractivity (Wildman–Crippen MR) is 177 cm³/mol. The molecule has 12 nitrogen and oxygen atoms in total. The van der Waals surface area contributed by atoms with Crippen LogP contribution in [0.5, 0.6) is 0 Å². The highest BCUT2D eigenvalue weighted by Crippen LogP contribution is 2.33. The van der Waals surface area contributed by atoms with E-state index >= 15 is 0 Å². The van der Waals surface area contributed by atoms with Crippen molar-refractivity contribution < 1.29 is 29.1 Å². The molecule has 46 heavy (non-hydrogen) atoms. The van der Waals surface area contributed by atoms with Crippen molar-refractivity contribution in [1.29, 1.82) is 0 Å². The van der Waals surface area contributed by atoms with E-state index in [-0.39, 0.29) is 47.8 Å². The standard InChI is InChI=1S/C33H45N5O7S/c39-22(17-21-13-14-24-23(18-21)27(40)19-25(36-24)32(43)44)9-3-1-7-15-34-29(41)11-4-2-8-16-35-30(42)12-6-5-10-28-31-26(20-46-28)37-33(45)38-31/h13-14,18-19,26,28,31H,1-12,15-17,20H2,(H,34,41)(H,35,42)(H,36,40)(H,43,44)(H2,37,38,45)/t26-,28-,31-/m0/s1. The van der Waals surface area contributed by atoms with Crippen molar-refractivity contribution in [3.05, 3.63) is 45.7 Å². The molecule has 0 bridgehead atoms. The van der Waals surface area contributed by atoms with Crippen LogP contribution in [0, 0.1) is 0 Å². The number of pyridine rings is 1. The van der Waals surface area contributed by atoms with Crippen LogP contribution in [-0.4, -0.2) is 75.9 Å². The molecular weight excluding hydrogens is 610 g/mol. The van der Waals surface area contributed by atoms with E-state index in [1.165, 1.54) is 0 Å². The fourth-order valence-corrected chi connectivity index (χ4v) is 7.50. The van der Waals surface area contributed by atoms with E-state index in [9.17, 15) is 28.8 Å². The molecule has 250 valence electrons. The molecule has 13 heteroatoms. The number of H-pyrrole nitrogens is 1. The molecule has 2 saturated heterocycles. The number of aromatic amines is 1. The molecule has 3 atom stereocenters. The number of amides is 4. The summed E-state index contributed by atoms with van der Waals surface area (Å²) < 4.78 is 0. The lowest BCUT2D eigenvalue weighted by atomic mass is 10.0. The molecule has 3 heterocycles. The van der Waals surface area contributed by atoms with Crippen molar-refractivity contribution in [2.45, 2.75) is 101 Å². The maximum Gasteiger partial charge on any atom is 0.352 e. The number of aromatic nitrogens is 1. The predicted octanol–water partition coefficient (Wildman–Crippen LogP) is 3.42. The van der Waals surface area contributed by atoms with Crippen LogP contribution < -0.4 is 26.7 Å². The average Bonchev–Trinajstić information content (AvgIpc) is 3.58. The number of nitrogens with one attached hydrogen (secondary N) is 5. The Morgan fingerprint density at radius 3 is 2.20 bits per heavy atom. The van der Waals surface area contributed by atoms with Crippen molar-refractivity contribution in [2.24, 2.45) is 0 Å². The number of aromatic carboxylic acids is 1. The Bertz CT molecular complexity index is 1460. The van der Waals surface area contributed by atoms with Crippen LogP contribution in [0.25, 0.3) is 10.9 Å². The number of carbonyl (C=O) groups excluding carboxylic acids is 4. The van der Waals surface area contributed by atoms with E-state index < -0.39 is 11.4 Å². The maximum atomic E-state index is 12.4. The Hall–Kier alpha value is -3.87. The van der Waals surface area contributed by atoms with Gasteiger partial charge in [0.25, 0.3) is 0 Å². The van der Waals surface area contributed by atoms with Gasteiger partial charge in [-0.05, 0) is 56.2 Å². The molecule has 0 aliphatic carbocycles. The lowest BCUT2D eigenvalue weighted by Gasteiger charge is -2.16. The van der Waals surface area contributed by atoms with Gasteiger partial charge < -0.3 is 31.4 Å². The number of hydrogen-bond acceptors (Lipinski definition) is 7. The second-order valence-electron chi connectivity index (χ2n) is 12.1. The number of fused-ring (bicyclic) bond motifs is 2. The quantitative estimate of drug-likeness (QED) is 0.0925. The van der Waals surface area contributed by atoms with Crippen molar-refractivity contribution >= 4 is 52.3 Å². The number of Topliss-reactive ketones (excluding diaryl/α,β-unsaturated/α-hetero) is 1. The lowest BCUT2D eigenvalue weighted by Crippen LogP contribution is -2.36. The second kappa shape index (κ2) is 17.7. The summed E-state index contributed by atoms with van der Waals surface area (Å²) in [6.07, 6.45) is 9.19. The summed E-state index contributed by atoms with van der Waals surface area (Å²) in [5, 5.41) is 21.7. The van der Waals surface area contributed by atoms with Gasteiger partial charge in [0.15, 0.2) is 5.43 Å². The summed E-state index contributed by atoms with van der Waals surface area (Å²) in [6.45, 7) is 1.19. The van der Waals surface area contributed by atoms with Gasteiger partial charge in [-0.25, -0.2) is 9.59 Å². The molecule has 0 spiro atoms. The molecule has 1 aromatic heterocycles. The summed E-state index contributed by atoms with van der Waals surface area (Å²) >= 11 is 1.89. The Labute approximate surface area is 272 Å². The highest BCUT2D eigenvalue weighted by molar-refractivity contribution is 8.00. The van der Waals surface area contributed by atoms with E-state index in [1.54, 1.807) is 18.2 Å². The minimum absolute atomic E-state index is 0.0153. The van der Waals surface area contributed by atoms with Crippen molar-refractivity contribution in [1.82, 2.24) is 26.3 Å². The smallest absolute Gasteiger partial charge is 0.352 e. The van der Waals surface area contributed by atoms with Crippen molar-refractivity contribution in [2.75, 3.05) is 18.8 Å². The van der Waals surface area contributed by atoms with E-state index in [2.05, 4.69) is 26.3 Å². The third-order valence-corrected chi connectivity index (χ3v) is 9.97. The van der Waals surface area contributed by atoms with Gasteiger partial charge in [0.2, 0.25) is 11.8 Å². The first-order valence-electron chi connectivity index (χ1n) is 16.3. The Morgan fingerprint density at radius 2 is 1.50 bits per heavy atom. The molecule has 2 fully saturated rings. The number of carboxylic acids is 1. The molecule has 2 aromatic rings. The summed E-state index contributed by atoms with van der Waals surface area (Å²) in [6, 6.07) is 6.40. The number of benzene rings is 1. The first-order chi connectivity index (χ1) is 22.2. The van der Waals surface area contributed by atoms with E-state index in [4.69, 9.17) is 5.11 Å². The van der Waals surface area contributed by atoms with E-state index in [1.807, 2.05) is 11.8 Å². The fourth-order valence-electron chi connectivity index (χ4n) is 5.95. The molecule has 4 rings (SSSR count). The number of thioether (sulfide) groups is 1. The minimum atomic E-state index is -1.21. The second-order valence-corrected chi connectivity index (χ2v) is 13.4. The molecule has 0 radical (unpaired) electrons. The first-order valence-corrected chi connectivity index (χ1v) is 17.4. The van der Waals surface area contributed by atoms with Crippen molar-refractivity contribution in [3.8, 4) is 0 Å². The third kappa shape index (κ3) is 10.9. The van der Waals surface area contributed by atoms with Gasteiger partial charge in [0.1, 0.15) is 11.5 Å².